The van der Waals surface area contributed by atoms with Crippen LogP contribution in [0, 0.1) is 5.92 Å². The summed E-state index contributed by atoms with van der Waals surface area (Å²) < 4.78 is 5.49. The lowest BCUT2D eigenvalue weighted by Gasteiger charge is -2.13. The summed E-state index contributed by atoms with van der Waals surface area (Å²) in [6, 6.07) is 5.64. The molecule has 1 aliphatic rings. The Morgan fingerprint density at radius 3 is 2.79 bits per heavy atom. The van der Waals surface area contributed by atoms with Gasteiger partial charge in [-0.3, -0.25) is 4.79 Å². The average molecular weight is 262 g/mol. The third-order valence-corrected chi connectivity index (χ3v) is 3.57. The highest BCUT2D eigenvalue weighted by Crippen LogP contribution is 2.27. The Hall–Kier alpha value is -1.55. The monoisotopic (exact) mass is 262 g/mol. The van der Waals surface area contributed by atoms with E-state index in [0.717, 1.165) is 42.7 Å². The molecule has 0 radical (unpaired) electrons. The summed E-state index contributed by atoms with van der Waals surface area (Å²) in [6.07, 6.45) is 4.34. The molecular weight excluding hydrogens is 240 g/mol. The van der Waals surface area contributed by atoms with Crippen molar-refractivity contribution in [1.29, 1.82) is 0 Å². The van der Waals surface area contributed by atoms with E-state index in [1.807, 2.05) is 25.1 Å². The number of carbonyl (C=O) groups is 1. The molecule has 1 aromatic carbocycles. The summed E-state index contributed by atoms with van der Waals surface area (Å²) in [7, 11) is 0. The lowest BCUT2D eigenvalue weighted by atomic mass is 10.1. The molecule has 1 saturated carbocycles. The van der Waals surface area contributed by atoms with Crippen LogP contribution < -0.4 is 15.8 Å². The van der Waals surface area contributed by atoms with Crippen LogP contribution in [-0.2, 0) is 11.3 Å². The number of anilines is 1. The fourth-order valence-corrected chi connectivity index (χ4v) is 2.55. The van der Waals surface area contributed by atoms with Gasteiger partial charge in [0.1, 0.15) is 5.75 Å². The van der Waals surface area contributed by atoms with Gasteiger partial charge in [-0.05, 0) is 38.0 Å². The number of benzene rings is 1. The van der Waals surface area contributed by atoms with Crippen molar-refractivity contribution in [3.63, 3.8) is 0 Å². The SMILES string of the molecule is CCOc1ccc(NC(=O)C2CCCC2)cc1CN. The highest BCUT2D eigenvalue weighted by Gasteiger charge is 2.22. The van der Waals surface area contributed by atoms with Crippen LogP contribution in [0.5, 0.6) is 5.75 Å². The Balaban J connectivity index is 2.05. The van der Waals surface area contributed by atoms with Crippen LogP contribution in [0.1, 0.15) is 38.2 Å². The number of amides is 1. The molecule has 0 atom stereocenters. The van der Waals surface area contributed by atoms with E-state index in [1.165, 1.54) is 0 Å². The van der Waals surface area contributed by atoms with Crippen LogP contribution in [0.15, 0.2) is 18.2 Å². The fourth-order valence-electron chi connectivity index (χ4n) is 2.55. The first-order valence-corrected chi connectivity index (χ1v) is 7.01. The Kier molecular flexibility index (Phi) is 4.80. The van der Waals surface area contributed by atoms with Crippen LogP contribution in [-0.4, -0.2) is 12.5 Å². The molecule has 0 aromatic heterocycles. The van der Waals surface area contributed by atoms with Crippen molar-refractivity contribution in [2.75, 3.05) is 11.9 Å². The summed E-state index contributed by atoms with van der Waals surface area (Å²) in [5.41, 5.74) is 7.44. The molecule has 1 aliphatic carbocycles. The molecular formula is C15H22N2O2. The number of hydrogen-bond acceptors (Lipinski definition) is 3. The van der Waals surface area contributed by atoms with Gasteiger partial charge in [-0.1, -0.05) is 12.8 Å². The van der Waals surface area contributed by atoms with Gasteiger partial charge in [-0.25, -0.2) is 0 Å². The van der Waals surface area contributed by atoms with Crippen molar-refractivity contribution in [2.24, 2.45) is 11.7 Å². The van der Waals surface area contributed by atoms with Gasteiger partial charge in [-0.15, -0.1) is 0 Å². The number of carbonyl (C=O) groups excluding carboxylic acids is 1. The van der Waals surface area contributed by atoms with Crippen molar-refractivity contribution in [3.8, 4) is 5.75 Å². The standard InChI is InChI=1S/C15H22N2O2/c1-2-19-14-8-7-13(9-12(14)10-16)17-15(18)11-5-3-4-6-11/h7-9,11H,2-6,10,16H2,1H3,(H,17,18). The van der Waals surface area contributed by atoms with Crippen LogP contribution in [0.2, 0.25) is 0 Å². The van der Waals surface area contributed by atoms with E-state index < -0.39 is 0 Å². The second kappa shape index (κ2) is 6.57. The van der Waals surface area contributed by atoms with E-state index in [4.69, 9.17) is 10.5 Å². The van der Waals surface area contributed by atoms with Crippen LogP contribution in [0.4, 0.5) is 5.69 Å². The molecule has 0 bridgehead atoms. The topological polar surface area (TPSA) is 64.3 Å². The number of rotatable bonds is 5. The fraction of sp³-hybridized carbons (Fsp3) is 0.533. The quantitative estimate of drug-likeness (QED) is 0.857. The molecule has 4 nitrogen and oxygen atoms in total. The lowest BCUT2D eigenvalue weighted by Crippen LogP contribution is -2.20. The molecule has 0 saturated heterocycles. The highest BCUT2D eigenvalue weighted by atomic mass is 16.5. The molecule has 1 fully saturated rings. The molecule has 4 heteroatoms. The van der Waals surface area contributed by atoms with E-state index in [-0.39, 0.29) is 11.8 Å². The van der Waals surface area contributed by atoms with E-state index >= 15 is 0 Å². The first-order valence-electron chi connectivity index (χ1n) is 7.01. The first-order chi connectivity index (χ1) is 9.24. The highest BCUT2D eigenvalue weighted by molar-refractivity contribution is 5.92. The lowest BCUT2D eigenvalue weighted by molar-refractivity contribution is -0.119. The molecule has 3 N–H and O–H groups in total. The van der Waals surface area contributed by atoms with E-state index in [9.17, 15) is 4.79 Å². The normalized spacial score (nSPS) is 15.5. The first kappa shape index (κ1) is 13.9. The summed E-state index contributed by atoms with van der Waals surface area (Å²) in [5.74, 6) is 1.10. The molecule has 19 heavy (non-hydrogen) atoms. The number of nitrogens with one attached hydrogen (secondary N) is 1. The van der Waals surface area contributed by atoms with Crippen molar-refractivity contribution >= 4 is 11.6 Å². The average Bonchev–Trinajstić information content (AvgIpc) is 2.94. The summed E-state index contributed by atoms with van der Waals surface area (Å²) in [5, 5.41) is 2.98. The van der Waals surface area contributed by atoms with Gasteiger partial charge < -0.3 is 15.8 Å². The van der Waals surface area contributed by atoms with Crippen molar-refractivity contribution in [1.82, 2.24) is 0 Å². The van der Waals surface area contributed by atoms with Crippen LogP contribution in [0.3, 0.4) is 0 Å². The molecule has 0 heterocycles. The molecule has 0 spiro atoms. The van der Waals surface area contributed by atoms with Crippen molar-refractivity contribution in [2.45, 2.75) is 39.2 Å². The van der Waals surface area contributed by atoms with Gasteiger partial charge in [-0.2, -0.15) is 0 Å². The number of ether oxygens (including phenoxy) is 1. The minimum atomic E-state index is 0.129. The molecule has 104 valence electrons. The van der Waals surface area contributed by atoms with Gasteiger partial charge in [0.25, 0.3) is 0 Å². The minimum Gasteiger partial charge on any atom is -0.494 e. The predicted molar refractivity (Wildman–Crippen MR) is 76.1 cm³/mol. The van der Waals surface area contributed by atoms with Gasteiger partial charge in [0.15, 0.2) is 0 Å². The van der Waals surface area contributed by atoms with Crippen molar-refractivity contribution < 1.29 is 9.53 Å². The zero-order valence-electron chi connectivity index (χ0n) is 11.4. The largest absolute Gasteiger partial charge is 0.494 e. The summed E-state index contributed by atoms with van der Waals surface area (Å²) in [4.78, 5) is 12.1. The van der Waals surface area contributed by atoms with E-state index in [0.29, 0.717) is 13.2 Å². The smallest absolute Gasteiger partial charge is 0.227 e. The Labute approximate surface area is 114 Å². The van der Waals surface area contributed by atoms with Gasteiger partial charge in [0, 0.05) is 23.7 Å². The third kappa shape index (κ3) is 3.47. The Morgan fingerprint density at radius 1 is 1.42 bits per heavy atom. The maximum Gasteiger partial charge on any atom is 0.227 e. The molecule has 2 rings (SSSR count). The molecule has 0 unspecified atom stereocenters. The predicted octanol–water partition coefficient (Wildman–Crippen LogP) is 2.67. The molecule has 1 aromatic rings. The maximum absolute atomic E-state index is 12.1. The summed E-state index contributed by atoms with van der Waals surface area (Å²) >= 11 is 0. The minimum absolute atomic E-state index is 0.129. The number of nitrogens with two attached hydrogens (primary N) is 1. The second-order valence-corrected chi connectivity index (χ2v) is 4.93. The zero-order chi connectivity index (χ0) is 13.7. The van der Waals surface area contributed by atoms with Gasteiger partial charge in [0.2, 0.25) is 5.91 Å². The molecule has 0 aliphatic heterocycles. The van der Waals surface area contributed by atoms with Crippen LogP contribution >= 0.6 is 0 Å². The van der Waals surface area contributed by atoms with Gasteiger partial charge in [0.05, 0.1) is 6.61 Å². The third-order valence-electron chi connectivity index (χ3n) is 3.57. The molecule has 1 amide bonds. The van der Waals surface area contributed by atoms with E-state index in [2.05, 4.69) is 5.32 Å². The van der Waals surface area contributed by atoms with Gasteiger partial charge >= 0.3 is 0 Å². The zero-order valence-corrected chi connectivity index (χ0v) is 11.4. The Morgan fingerprint density at radius 2 is 2.16 bits per heavy atom. The number of hydrogen-bond donors (Lipinski definition) is 2. The maximum atomic E-state index is 12.1. The summed E-state index contributed by atoms with van der Waals surface area (Å²) in [6.45, 7) is 2.96. The Bertz CT molecular complexity index is 440. The van der Waals surface area contributed by atoms with Crippen molar-refractivity contribution in [3.05, 3.63) is 23.8 Å². The van der Waals surface area contributed by atoms with E-state index in [1.54, 1.807) is 0 Å². The second-order valence-electron chi connectivity index (χ2n) is 4.93. The van der Waals surface area contributed by atoms with Crippen LogP contribution in [0.25, 0.3) is 0 Å².